The minimum atomic E-state index is -0.579. The summed E-state index contributed by atoms with van der Waals surface area (Å²) in [5.74, 6) is -0.579. The van der Waals surface area contributed by atoms with Gasteiger partial charge in [0.05, 0.1) is 17.4 Å². The van der Waals surface area contributed by atoms with Gasteiger partial charge in [-0.1, -0.05) is 35.3 Å². The third kappa shape index (κ3) is 3.59. The van der Waals surface area contributed by atoms with E-state index in [9.17, 15) is 4.79 Å². The second-order valence-electron chi connectivity index (χ2n) is 3.81. The van der Waals surface area contributed by atoms with Gasteiger partial charge in [0.15, 0.2) is 0 Å². The van der Waals surface area contributed by atoms with E-state index < -0.39 is 5.97 Å². The molecule has 0 aliphatic rings. The Kier molecular flexibility index (Phi) is 4.24. The topological polar surface area (TPSA) is 65.2 Å². The van der Waals surface area contributed by atoms with Crippen LogP contribution in [0.2, 0.25) is 10.2 Å². The van der Waals surface area contributed by atoms with Crippen LogP contribution in [0.15, 0.2) is 36.5 Å². The number of rotatable bonds is 3. The van der Waals surface area contributed by atoms with E-state index in [-0.39, 0.29) is 17.3 Å². The highest BCUT2D eigenvalue weighted by atomic mass is 35.5. The second-order valence-corrected chi connectivity index (χ2v) is 4.61. The number of benzene rings is 1. The van der Waals surface area contributed by atoms with Crippen molar-refractivity contribution < 1.29 is 9.53 Å². The number of ether oxygens (including phenoxy) is 1. The highest BCUT2D eigenvalue weighted by molar-refractivity contribution is 6.32. The molecule has 0 bridgehead atoms. The predicted molar refractivity (Wildman–Crippen MR) is 74.2 cm³/mol. The van der Waals surface area contributed by atoms with Gasteiger partial charge >= 0.3 is 5.97 Å². The van der Waals surface area contributed by atoms with Crippen molar-refractivity contribution in [3.05, 3.63) is 57.8 Å². The van der Waals surface area contributed by atoms with Gasteiger partial charge in [0.2, 0.25) is 0 Å². The number of anilines is 1. The van der Waals surface area contributed by atoms with Crippen molar-refractivity contribution in [2.24, 2.45) is 0 Å². The van der Waals surface area contributed by atoms with Crippen molar-refractivity contribution in [3.63, 3.8) is 0 Å². The van der Waals surface area contributed by atoms with Crippen molar-refractivity contribution in [1.82, 2.24) is 4.98 Å². The van der Waals surface area contributed by atoms with Crippen molar-refractivity contribution in [1.29, 1.82) is 0 Å². The number of aromatic nitrogens is 1. The Labute approximate surface area is 120 Å². The fourth-order valence-electron chi connectivity index (χ4n) is 1.46. The van der Waals surface area contributed by atoms with Crippen LogP contribution < -0.4 is 5.73 Å². The van der Waals surface area contributed by atoms with Crippen molar-refractivity contribution in [2.45, 2.75) is 6.61 Å². The molecule has 0 atom stereocenters. The zero-order valence-electron chi connectivity index (χ0n) is 9.77. The van der Waals surface area contributed by atoms with Crippen LogP contribution in [0, 0.1) is 0 Å². The first-order chi connectivity index (χ1) is 9.06. The molecule has 2 N–H and O–H groups in total. The lowest BCUT2D eigenvalue weighted by molar-refractivity contribution is 0.0472. The summed E-state index contributed by atoms with van der Waals surface area (Å²) in [6.07, 6.45) is 1.37. The van der Waals surface area contributed by atoms with Gasteiger partial charge in [0, 0.05) is 5.02 Å². The highest BCUT2D eigenvalue weighted by Crippen LogP contribution is 2.18. The smallest absolute Gasteiger partial charge is 0.341 e. The molecule has 98 valence electrons. The first-order valence-electron chi connectivity index (χ1n) is 5.39. The summed E-state index contributed by atoms with van der Waals surface area (Å²) in [4.78, 5) is 15.6. The van der Waals surface area contributed by atoms with Gasteiger partial charge in [0.25, 0.3) is 0 Å². The van der Waals surface area contributed by atoms with Gasteiger partial charge in [0.1, 0.15) is 11.8 Å². The Balaban J connectivity index is 2.07. The Hall–Kier alpha value is -1.78. The van der Waals surface area contributed by atoms with Crippen LogP contribution in [-0.4, -0.2) is 11.0 Å². The van der Waals surface area contributed by atoms with Crippen LogP contribution in [0.1, 0.15) is 15.9 Å². The van der Waals surface area contributed by atoms with Gasteiger partial charge < -0.3 is 10.5 Å². The summed E-state index contributed by atoms with van der Waals surface area (Å²) in [5, 5.41) is 0.641. The van der Waals surface area contributed by atoms with Crippen LogP contribution >= 0.6 is 23.2 Å². The molecular weight excluding hydrogens is 287 g/mol. The number of nitrogens with zero attached hydrogens (tertiary/aromatic N) is 1. The Morgan fingerprint density at radius 2 is 2.11 bits per heavy atom. The SMILES string of the molecule is Nc1cnc(Cl)c(C(=O)OCc2cccc(Cl)c2)c1. The number of halogens is 2. The molecule has 0 unspecified atom stereocenters. The monoisotopic (exact) mass is 296 g/mol. The molecule has 0 radical (unpaired) electrons. The third-order valence-electron chi connectivity index (χ3n) is 2.34. The fraction of sp³-hybridized carbons (Fsp3) is 0.0769. The molecule has 0 saturated carbocycles. The minimum absolute atomic E-state index is 0.0605. The zero-order chi connectivity index (χ0) is 13.8. The van der Waals surface area contributed by atoms with Gasteiger partial charge in [-0.25, -0.2) is 9.78 Å². The van der Waals surface area contributed by atoms with Gasteiger partial charge in [-0.15, -0.1) is 0 Å². The number of pyridine rings is 1. The van der Waals surface area contributed by atoms with Gasteiger partial charge in [-0.05, 0) is 23.8 Å². The van der Waals surface area contributed by atoms with Crippen molar-refractivity contribution in [2.75, 3.05) is 5.73 Å². The molecule has 6 heteroatoms. The van der Waals surface area contributed by atoms with Gasteiger partial charge in [-0.2, -0.15) is 0 Å². The predicted octanol–water partition coefficient (Wildman–Crippen LogP) is 3.33. The third-order valence-corrected chi connectivity index (χ3v) is 2.88. The number of esters is 1. The Morgan fingerprint density at radius 1 is 1.32 bits per heavy atom. The van der Waals surface area contributed by atoms with Crippen molar-refractivity contribution in [3.8, 4) is 0 Å². The fourth-order valence-corrected chi connectivity index (χ4v) is 1.85. The van der Waals surface area contributed by atoms with E-state index in [4.69, 9.17) is 33.7 Å². The lowest BCUT2D eigenvalue weighted by atomic mass is 10.2. The Morgan fingerprint density at radius 3 is 2.84 bits per heavy atom. The quantitative estimate of drug-likeness (QED) is 0.697. The number of nitrogens with two attached hydrogens (primary N) is 1. The van der Waals surface area contributed by atoms with E-state index in [1.165, 1.54) is 12.3 Å². The molecule has 0 saturated heterocycles. The lowest BCUT2D eigenvalue weighted by Gasteiger charge is -2.06. The van der Waals surface area contributed by atoms with Crippen LogP contribution in [0.4, 0.5) is 5.69 Å². The molecule has 1 aromatic heterocycles. The number of hydrogen-bond acceptors (Lipinski definition) is 4. The Bertz CT molecular complexity index is 617. The molecule has 1 heterocycles. The minimum Gasteiger partial charge on any atom is -0.457 e. The number of nitrogen functional groups attached to an aromatic ring is 1. The average molecular weight is 297 g/mol. The first kappa shape index (κ1) is 13.6. The maximum absolute atomic E-state index is 11.8. The van der Waals surface area contributed by atoms with Crippen LogP contribution in [-0.2, 0) is 11.3 Å². The molecule has 2 rings (SSSR count). The zero-order valence-corrected chi connectivity index (χ0v) is 11.3. The summed E-state index contributed by atoms with van der Waals surface area (Å²) in [6, 6.07) is 8.47. The van der Waals surface area contributed by atoms with Crippen molar-refractivity contribution >= 4 is 34.9 Å². The standard InChI is InChI=1S/C13H10Cl2N2O2/c14-9-3-1-2-8(4-9)7-19-13(18)11-5-10(16)6-17-12(11)15/h1-6H,7,16H2. The van der Waals surface area contributed by atoms with E-state index >= 15 is 0 Å². The molecule has 0 aliphatic carbocycles. The molecule has 1 aromatic carbocycles. The molecular formula is C13H10Cl2N2O2. The number of hydrogen-bond donors (Lipinski definition) is 1. The number of carbonyl (C=O) groups is 1. The summed E-state index contributed by atoms with van der Waals surface area (Å²) in [5.41, 5.74) is 6.82. The first-order valence-corrected chi connectivity index (χ1v) is 6.14. The molecule has 2 aromatic rings. The molecule has 0 spiro atoms. The molecule has 0 amide bonds. The summed E-state index contributed by atoms with van der Waals surface area (Å²) in [6.45, 7) is 0.102. The van der Waals surface area contributed by atoms with Crippen LogP contribution in [0.5, 0.6) is 0 Å². The van der Waals surface area contributed by atoms with E-state index in [2.05, 4.69) is 4.98 Å². The summed E-state index contributed by atoms with van der Waals surface area (Å²) in [7, 11) is 0. The van der Waals surface area contributed by atoms with Gasteiger partial charge in [-0.3, -0.25) is 0 Å². The molecule has 0 fully saturated rings. The van der Waals surface area contributed by atoms with Crippen LogP contribution in [0.3, 0.4) is 0 Å². The van der Waals surface area contributed by atoms with E-state index in [0.29, 0.717) is 10.7 Å². The molecule has 0 aliphatic heterocycles. The van der Waals surface area contributed by atoms with E-state index in [0.717, 1.165) is 5.56 Å². The molecule has 19 heavy (non-hydrogen) atoms. The lowest BCUT2D eigenvalue weighted by Crippen LogP contribution is -2.07. The van der Waals surface area contributed by atoms with Crippen LogP contribution in [0.25, 0.3) is 0 Å². The second kappa shape index (κ2) is 5.91. The summed E-state index contributed by atoms with van der Waals surface area (Å²) >= 11 is 11.6. The number of carbonyl (C=O) groups excluding carboxylic acids is 1. The van der Waals surface area contributed by atoms with E-state index in [1.54, 1.807) is 24.3 Å². The van der Waals surface area contributed by atoms with E-state index in [1.807, 2.05) is 0 Å². The summed E-state index contributed by atoms with van der Waals surface area (Å²) < 4.78 is 5.13. The normalized spacial score (nSPS) is 10.2. The largest absolute Gasteiger partial charge is 0.457 e. The molecule has 4 nitrogen and oxygen atoms in total. The highest BCUT2D eigenvalue weighted by Gasteiger charge is 2.13. The maximum atomic E-state index is 11.8. The average Bonchev–Trinajstić information content (AvgIpc) is 2.39. The maximum Gasteiger partial charge on any atom is 0.341 e.